The van der Waals surface area contributed by atoms with Crippen LogP contribution < -0.4 is 37.2 Å². The fourth-order valence-electron chi connectivity index (χ4n) is 6.28. The summed E-state index contributed by atoms with van der Waals surface area (Å²) in [4.78, 5) is 99.6. The van der Waals surface area contributed by atoms with Gasteiger partial charge in [-0.3, -0.25) is 38.9 Å². The number of rotatable bonds is 24. The molecule has 3 atom stereocenters. The van der Waals surface area contributed by atoms with Crippen LogP contribution in [0.25, 0.3) is 5.70 Å². The molecule has 20 nitrogen and oxygen atoms in total. The molecule has 65 heavy (non-hydrogen) atoms. The molecule has 10 N–H and O–H groups in total. The van der Waals surface area contributed by atoms with Crippen molar-refractivity contribution in [3.8, 4) is 11.5 Å². The number of benzene rings is 4. The maximum atomic E-state index is 13.5. The number of nitro groups is 1. The normalized spacial score (nSPS) is 12.4. The predicted molar refractivity (Wildman–Crippen MR) is 237 cm³/mol. The minimum Gasteiger partial charge on any atom is -0.508 e. The highest BCUT2D eigenvalue weighted by molar-refractivity contribution is 5.99. The SMILES string of the molecule is CC(C)CC(NC(=O)C(Cc1ccccc1)NC(=O)CNC(=O)CNC(=O)C(Cc1ccc(O)cc1)NC(=O)c1ccc(N/C(=C\CNC=O)c2cccc([N+](=O)[O-])c2)c(O)c1)C(=O)O. The van der Waals surface area contributed by atoms with Crippen LogP contribution in [0.2, 0.25) is 0 Å². The molecule has 4 rings (SSSR count). The molecular formula is C45H50N8O12. The lowest BCUT2D eigenvalue weighted by atomic mass is 10.0. The van der Waals surface area contributed by atoms with E-state index in [1.54, 1.807) is 50.2 Å². The number of nitro benzene ring substituents is 1. The van der Waals surface area contributed by atoms with Crippen molar-refractivity contribution in [3.63, 3.8) is 0 Å². The van der Waals surface area contributed by atoms with Gasteiger partial charge in [0, 0.05) is 48.3 Å². The molecule has 342 valence electrons. The van der Waals surface area contributed by atoms with Gasteiger partial charge in [0.05, 0.1) is 23.7 Å². The van der Waals surface area contributed by atoms with Crippen molar-refractivity contribution in [3.05, 3.63) is 136 Å². The molecule has 0 radical (unpaired) electrons. The van der Waals surface area contributed by atoms with E-state index in [0.29, 0.717) is 23.1 Å². The third-order valence-electron chi connectivity index (χ3n) is 9.53. The van der Waals surface area contributed by atoms with Crippen LogP contribution in [0.3, 0.4) is 0 Å². The maximum absolute atomic E-state index is 13.5. The summed E-state index contributed by atoms with van der Waals surface area (Å²) < 4.78 is 0. The lowest BCUT2D eigenvalue weighted by Gasteiger charge is -2.22. The maximum Gasteiger partial charge on any atom is 0.326 e. The van der Waals surface area contributed by atoms with Gasteiger partial charge in [0.2, 0.25) is 30.0 Å². The first-order valence-corrected chi connectivity index (χ1v) is 20.2. The highest BCUT2D eigenvalue weighted by Crippen LogP contribution is 2.29. The number of anilines is 1. The van der Waals surface area contributed by atoms with Crippen molar-refractivity contribution < 1.29 is 53.8 Å². The Hall–Kier alpha value is -8.29. The molecule has 0 fully saturated rings. The molecule has 3 unspecified atom stereocenters. The van der Waals surface area contributed by atoms with Crippen molar-refractivity contribution in [1.29, 1.82) is 0 Å². The Morgan fingerprint density at radius 2 is 1.37 bits per heavy atom. The van der Waals surface area contributed by atoms with Gasteiger partial charge in [-0.2, -0.15) is 0 Å². The Morgan fingerprint density at radius 1 is 0.708 bits per heavy atom. The van der Waals surface area contributed by atoms with Gasteiger partial charge in [-0.05, 0) is 59.9 Å². The summed E-state index contributed by atoms with van der Waals surface area (Å²) in [7, 11) is 0. The smallest absolute Gasteiger partial charge is 0.326 e. The van der Waals surface area contributed by atoms with E-state index in [2.05, 4.69) is 37.2 Å². The zero-order valence-electron chi connectivity index (χ0n) is 35.4. The number of aliphatic carboxylic acids is 1. The molecule has 0 spiro atoms. The molecule has 20 heteroatoms. The number of aromatic hydroxyl groups is 2. The lowest BCUT2D eigenvalue weighted by molar-refractivity contribution is -0.384. The summed E-state index contributed by atoms with van der Waals surface area (Å²) >= 11 is 0. The first-order valence-electron chi connectivity index (χ1n) is 20.2. The van der Waals surface area contributed by atoms with E-state index in [0.717, 1.165) is 6.07 Å². The Morgan fingerprint density at radius 3 is 2.00 bits per heavy atom. The summed E-state index contributed by atoms with van der Waals surface area (Å²) in [6.07, 6.45) is 2.05. The molecule has 0 aliphatic carbocycles. The predicted octanol–water partition coefficient (Wildman–Crippen LogP) is 2.12. The van der Waals surface area contributed by atoms with Gasteiger partial charge in [0.1, 0.15) is 29.6 Å². The van der Waals surface area contributed by atoms with Crippen LogP contribution >= 0.6 is 0 Å². The van der Waals surface area contributed by atoms with Crippen LogP contribution in [0.5, 0.6) is 11.5 Å². The number of nitrogens with zero attached hydrogens (tertiary/aromatic N) is 1. The van der Waals surface area contributed by atoms with Crippen molar-refractivity contribution in [2.75, 3.05) is 25.0 Å². The van der Waals surface area contributed by atoms with Crippen LogP contribution in [-0.4, -0.2) is 99.9 Å². The lowest BCUT2D eigenvalue weighted by Crippen LogP contribution is -2.54. The van der Waals surface area contributed by atoms with Gasteiger partial charge < -0.3 is 52.5 Å². The first-order chi connectivity index (χ1) is 31.0. The molecule has 4 aromatic rings. The first kappa shape index (κ1) is 49.4. The number of carboxylic acids is 1. The number of nitrogens with one attached hydrogen (secondary N) is 7. The molecule has 6 amide bonds. The molecule has 0 bridgehead atoms. The second-order valence-electron chi connectivity index (χ2n) is 15.0. The number of carboxylic acid groups (broad SMARTS) is 1. The summed E-state index contributed by atoms with van der Waals surface area (Å²) in [6, 6.07) is 20.2. The van der Waals surface area contributed by atoms with Crippen LogP contribution in [0.4, 0.5) is 11.4 Å². The van der Waals surface area contributed by atoms with Crippen LogP contribution in [0.1, 0.15) is 47.3 Å². The largest absolute Gasteiger partial charge is 0.508 e. The minimum atomic E-state index is -1.31. The Balaban J connectivity index is 1.42. The molecule has 0 saturated carbocycles. The van der Waals surface area contributed by atoms with E-state index in [1.807, 2.05) is 0 Å². The van der Waals surface area contributed by atoms with E-state index in [-0.39, 0.29) is 60.1 Å². The second kappa shape index (κ2) is 24.4. The molecule has 0 heterocycles. The fraction of sp³-hybridized carbons (Fsp3) is 0.267. The van der Waals surface area contributed by atoms with Crippen molar-refractivity contribution in [1.82, 2.24) is 31.9 Å². The van der Waals surface area contributed by atoms with E-state index >= 15 is 0 Å². The summed E-state index contributed by atoms with van der Waals surface area (Å²) in [5.41, 5.74) is 1.64. The zero-order chi connectivity index (χ0) is 47.5. The van der Waals surface area contributed by atoms with Gasteiger partial charge in [-0.25, -0.2) is 4.79 Å². The number of carbonyl (C=O) groups excluding carboxylic acids is 6. The number of carbonyl (C=O) groups is 7. The Labute approximate surface area is 373 Å². The topological polar surface area (TPSA) is 308 Å². The highest BCUT2D eigenvalue weighted by atomic mass is 16.6. The van der Waals surface area contributed by atoms with E-state index in [4.69, 9.17) is 0 Å². The van der Waals surface area contributed by atoms with Crippen LogP contribution in [-0.2, 0) is 41.6 Å². The molecule has 4 aromatic carbocycles. The van der Waals surface area contributed by atoms with Gasteiger partial charge in [0.15, 0.2) is 0 Å². The van der Waals surface area contributed by atoms with E-state index < -0.39 is 77.4 Å². The number of phenols is 2. The quantitative estimate of drug-likeness (QED) is 0.0159. The third-order valence-corrected chi connectivity index (χ3v) is 9.53. The molecule has 0 aromatic heterocycles. The van der Waals surface area contributed by atoms with Crippen molar-refractivity contribution in [2.45, 2.75) is 51.2 Å². The Kier molecular flexibility index (Phi) is 18.5. The van der Waals surface area contributed by atoms with E-state index in [1.165, 1.54) is 60.7 Å². The number of non-ortho nitro benzene ring substituents is 1. The van der Waals surface area contributed by atoms with Gasteiger partial charge in [-0.1, -0.05) is 68.4 Å². The second-order valence-corrected chi connectivity index (χ2v) is 15.0. The van der Waals surface area contributed by atoms with Crippen LogP contribution in [0, 0.1) is 16.0 Å². The average Bonchev–Trinajstić information content (AvgIpc) is 3.27. The number of hydrogen-bond donors (Lipinski definition) is 10. The highest BCUT2D eigenvalue weighted by Gasteiger charge is 2.28. The summed E-state index contributed by atoms with van der Waals surface area (Å²) in [5.74, 6) is -5.66. The standard InChI is InChI=1S/C45H50N8O12/c1-27(2)19-38(45(62)63)52-44(61)37(20-28-7-4-3-5-8-28)50-41(58)25-47-40(57)24-48-43(60)36(21-29-11-14-33(55)15-12-29)51-42(59)31-13-16-35(39(56)23-31)49-34(17-18-46-26-54)30-9-6-10-32(22-30)53(64)65/h3-17,22-23,26-27,36-38,49,55-56H,18-21,24-25H2,1-2H3,(H,46,54)(H,47,57)(H,48,60)(H,50,58)(H,51,59)(H,52,61)(H,62,63)/b34-17-. The van der Waals surface area contributed by atoms with E-state index in [9.17, 15) is 59.0 Å². The van der Waals surface area contributed by atoms with Gasteiger partial charge in [-0.15, -0.1) is 0 Å². The zero-order valence-corrected chi connectivity index (χ0v) is 35.4. The average molecular weight is 895 g/mol. The summed E-state index contributed by atoms with van der Waals surface area (Å²) in [5, 5.41) is 59.5. The summed E-state index contributed by atoms with van der Waals surface area (Å²) in [6.45, 7) is 2.39. The Bertz CT molecular complexity index is 2370. The van der Waals surface area contributed by atoms with Gasteiger partial charge in [0.25, 0.3) is 11.6 Å². The monoisotopic (exact) mass is 894 g/mol. The molecule has 0 saturated heterocycles. The fourth-order valence-corrected chi connectivity index (χ4v) is 6.28. The van der Waals surface area contributed by atoms with Gasteiger partial charge >= 0.3 is 5.97 Å². The third kappa shape index (κ3) is 16.2. The molecule has 0 aliphatic heterocycles. The minimum absolute atomic E-state index is 0.0214. The number of hydrogen-bond acceptors (Lipinski definition) is 12. The van der Waals surface area contributed by atoms with Crippen molar-refractivity contribution >= 4 is 59.0 Å². The van der Waals surface area contributed by atoms with Crippen molar-refractivity contribution in [2.24, 2.45) is 5.92 Å². The number of amides is 6. The number of phenolic OH excluding ortho intramolecular Hbond substituents is 2. The molecule has 0 aliphatic rings. The molecular weight excluding hydrogens is 845 g/mol. The van der Waals surface area contributed by atoms with Crippen LogP contribution in [0.15, 0.2) is 103 Å².